The fraction of sp³-hybridized carbons (Fsp3) is 0.400. The van der Waals surface area contributed by atoms with Crippen LogP contribution in [0.3, 0.4) is 0 Å². The maximum Gasteiger partial charge on any atom is 0.127 e. The van der Waals surface area contributed by atoms with Crippen LogP contribution >= 0.6 is 0 Å². The van der Waals surface area contributed by atoms with Crippen molar-refractivity contribution in [2.75, 3.05) is 6.61 Å². The van der Waals surface area contributed by atoms with Crippen molar-refractivity contribution in [3.63, 3.8) is 0 Å². The molecule has 2 nitrogen and oxygen atoms in total. The Morgan fingerprint density at radius 2 is 2.00 bits per heavy atom. The van der Waals surface area contributed by atoms with Gasteiger partial charge in [0.25, 0.3) is 0 Å². The average Bonchev–Trinajstić information content (AvgIpc) is 2.16. The zero-order chi connectivity index (χ0) is 8.81. The average molecular weight is 165 g/mol. The zero-order valence-electron chi connectivity index (χ0n) is 7.19. The van der Waals surface area contributed by atoms with Crippen LogP contribution in [0.5, 0.6) is 5.75 Å². The van der Waals surface area contributed by atoms with Gasteiger partial charge in [0.05, 0.1) is 0 Å². The lowest BCUT2D eigenvalue weighted by atomic mass is 10.3. The quantitative estimate of drug-likeness (QED) is 0.672. The van der Waals surface area contributed by atoms with Crippen molar-refractivity contribution in [2.24, 2.45) is 0 Å². The summed E-state index contributed by atoms with van der Waals surface area (Å²) in [4.78, 5) is 0. The molecule has 0 amide bonds. The normalized spacial score (nSPS) is 12.5. The van der Waals surface area contributed by atoms with Crippen molar-refractivity contribution in [3.8, 4) is 5.75 Å². The second kappa shape index (κ2) is 4.78. The van der Waals surface area contributed by atoms with Gasteiger partial charge in [-0.2, -0.15) is 0 Å². The molecule has 12 heavy (non-hydrogen) atoms. The molecule has 1 rings (SSSR count). The smallest absolute Gasteiger partial charge is 0.127 e. The highest BCUT2D eigenvalue weighted by Crippen LogP contribution is 2.08. The number of rotatable bonds is 4. The van der Waals surface area contributed by atoms with Gasteiger partial charge in [-0.15, -0.1) is 0 Å². The zero-order valence-corrected chi connectivity index (χ0v) is 7.19. The van der Waals surface area contributed by atoms with E-state index in [0.29, 0.717) is 6.42 Å². The van der Waals surface area contributed by atoms with E-state index in [1.165, 1.54) is 0 Å². The van der Waals surface area contributed by atoms with E-state index in [-0.39, 0.29) is 6.61 Å². The largest absolute Gasteiger partial charge is 0.491 e. The van der Waals surface area contributed by atoms with Crippen LogP contribution in [0.25, 0.3) is 0 Å². The van der Waals surface area contributed by atoms with E-state index >= 15 is 0 Å². The monoisotopic (exact) mass is 165 g/mol. The summed E-state index contributed by atoms with van der Waals surface area (Å²) in [6.45, 7) is 2.13. The van der Waals surface area contributed by atoms with E-state index in [0.717, 1.165) is 5.75 Å². The molecule has 0 aliphatic heterocycles. The first-order valence-electron chi connectivity index (χ1n) is 4.16. The summed E-state index contributed by atoms with van der Waals surface area (Å²) in [5.41, 5.74) is 0. The number of hydrogen-bond acceptors (Lipinski definition) is 1. The minimum Gasteiger partial charge on any atom is -0.491 e. The second-order valence-corrected chi connectivity index (χ2v) is 2.65. The van der Waals surface area contributed by atoms with Crippen molar-refractivity contribution in [2.45, 2.75) is 19.4 Å². The Labute approximate surface area is 72.8 Å². The van der Waals surface area contributed by atoms with Crippen LogP contribution in [0.4, 0.5) is 0 Å². The predicted molar refractivity (Wildman–Crippen MR) is 46.7 cm³/mol. The molecule has 0 saturated carbocycles. The predicted octanol–water partition coefficient (Wildman–Crippen LogP) is 2.27. The van der Waals surface area contributed by atoms with E-state index in [1.54, 1.807) is 0 Å². The molecule has 0 aliphatic rings. The van der Waals surface area contributed by atoms with E-state index in [1.807, 2.05) is 37.3 Å². The standard InChI is InChI=1S/C10H13O2/c1-2-9(11)8-12-10-6-4-3-5-7-10/h3-7,9H,2,8H2,1H3. The summed E-state index contributed by atoms with van der Waals surface area (Å²) in [7, 11) is 0. The molecular weight excluding hydrogens is 152 g/mol. The van der Waals surface area contributed by atoms with Gasteiger partial charge in [-0.1, -0.05) is 25.1 Å². The van der Waals surface area contributed by atoms with Crippen molar-refractivity contribution in [1.29, 1.82) is 0 Å². The molecule has 1 unspecified atom stereocenters. The molecule has 0 bridgehead atoms. The molecule has 1 aromatic rings. The van der Waals surface area contributed by atoms with Gasteiger partial charge in [0.1, 0.15) is 18.5 Å². The highest BCUT2D eigenvalue weighted by atomic mass is 16.5. The molecule has 1 atom stereocenters. The molecule has 0 heterocycles. The lowest BCUT2D eigenvalue weighted by Crippen LogP contribution is -2.14. The van der Waals surface area contributed by atoms with Crippen LogP contribution < -0.4 is 4.74 Å². The number of ether oxygens (including phenoxy) is 1. The van der Waals surface area contributed by atoms with Gasteiger partial charge in [-0.05, 0) is 18.6 Å². The lowest BCUT2D eigenvalue weighted by molar-refractivity contribution is 0.0417. The third-order valence-electron chi connectivity index (χ3n) is 1.63. The minimum atomic E-state index is -0.606. The third kappa shape index (κ3) is 2.93. The lowest BCUT2D eigenvalue weighted by Gasteiger charge is -2.07. The summed E-state index contributed by atoms with van der Waals surface area (Å²) >= 11 is 0. The summed E-state index contributed by atoms with van der Waals surface area (Å²) < 4.78 is 5.25. The number of para-hydroxylation sites is 1. The number of benzene rings is 1. The van der Waals surface area contributed by atoms with E-state index in [4.69, 9.17) is 4.74 Å². The van der Waals surface area contributed by atoms with Crippen LogP contribution in [0, 0.1) is 0 Å². The molecule has 0 aliphatic carbocycles. The fourth-order valence-corrected chi connectivity index (χ4v) is 0.824. The summed E-state index contributed by atoms with van der Waals surface area (Å²) in [5, 5.41) is 10.9. The van der Waals surface area contributed by atoms with E-state index in [9.17, 15) is 5.11 Å². The van der Waals surface area contributed by atoms with Crippen molar-refractivity contribution in [3.05, 3.63) is 30.3 Å². The first kappa shape index (κ1) is 9.07. The Morgan fingerprint density at radius 3 is 2.58 bits per heavy atom. The fourth-order valence-electron chi connectivity index (χ4n) is 0.824. The summed E-state index contributed by atoms with van der Waals surface area (Å²) in [6.07, 6.45) is 0.0116. The Hall–Kier alpha value is -1.02. The van der Waals surface area contributed by atoms with E-state index in [2.05, 4.69) is 0 Å². The number of hydrogen-bond donors (Lipinski definition) is 0. The van der Waals surface area contributed by atoms with Gasteiger partial charge in [0.2, 0.25) is 0 Å². The van der Waals surface area contributed by atoms with Gasteiger partial charge < -0.3 is 4.74 Å². The SMILES string of the molecule is CCC([O])COc1ccccc1. The molecule has 1 radical (unpaired) electrons. The van der Waals surface area contributed by atoms with Crippen molar-refractivity contribution < 1.29 is 9.84 Å². The Kier molecular flexibility index (Phi) is 3.61. The molecule has 0 fully saturated rings. The Balaban J connectivity index is 2.33. The van der Waals surface area contributed by atoms with Gasteiger partial charge in [0, 0.05) is 0 Å². The molecule has 0 spiro atoms. The Morgan fingerprint density at radius 1 is 1.33 bits per heavy atom. The molecule has 0 N–H and O–H groups in total. The molecule has 0 aromatic heterocycles. The van der Waals surface area contributed by atoms with Gasteiger partial charge in [-0.25, -0.2) is 5.11 Å². The van der Waals surface area contributed by atoms with Gasteiger partial charge in [0.15, 0.2) is 0 Å². The molecular formula is C10H13O2. The molecule has 65 valence electrons. The molecule has 2 heteroatoms. The summed E-state index contributed by atoms with van der Waals surface area (Å²) in [6, 6.07) is 9.40. The van der Waals surface area contributed by atoms with Crippen molar-refractivity contribution >= 4 is 0 Å². The first-order valence-corrected chi connectivity index (χ1v) is 4.16. The third-order valence-corrected chi connectivity index (χ3v) is 1.63. The molecule has 0 saturated heterocycles. The highest BCUT2D eigenvalue weighted by Gasteiger charge is 2.02. The van der Waals surface area contributed by atoms with Crippen molar-refractivity contribution in [1.82, 2.24) is 0 Å². The molecule has 1 aromatic carbocycles. The Bertz CT molecular complexity index is 208. The van der Waals surface area contributed by atoms with Gasteiger partial charge in [-0.3, -0.25) is 0 Å². The van der Waals surface area contributed by atoms with Crippen LogP contribution in [-0.4, -0.2) is 12.7 Å². The van der Waals surface area contributed by atoms with Crippen LogP contribution in [-0.2, 0) is 5.11 Å². The topological polar surface area (TPSA) is 29.1 Å². The van der Waals surface area contributed by atoms with Crippen LogP contribution in [0.1, 0.15) is 13.3 Å². The maximum absolute atomic E-state index is 10.9. The van der Waals surface area contributed by atoms with Crippen LogP contribution in [0.15, 0.2) is 30.3 Å². The maximum atomic E-state index is 10.9. The highest BCUT2D eigenvalue weighted by molar-refractivity contribution is 5.20. The minimum absolute atomic E-state index is 0.264. The van der Waals surface area contributed by atoms with Gasteiger partial charge >= 0.3 is 0 Å². The first-order chi connectivity index (χ1) is 5.83. The summed E-state index contributed by atoms with van der Waals surface area (Å²) in [5.74, 6) is 0.770. The second-order valence-electron chi connectivity index (χ2n) is 2.65. The van der Waals surface area contributed by atoms with E-state index < -0.39 is 6.10 Å². The van der Waals surface area contributed by atoms with Crippen LogP contribution in [0.2, 0.25) is 0 Å².